The SMILES string of the molecule is CC(C)(C)c1cc(NC(=O)Nc2ccccc2)n(-c2cccc(-c3ccccc3)c2)n1. The Hall–Kier alpha value is -3.86. The molecule has 0 atom stereocenters. The Morgan fingerprint density at radius 3 is 2.10 bits per heavy atom. The van der Waals surface area contributed by atoms with E-state index in [1.54, 1.807) is 4.68 Å². The molecule has 0 saturated carbocycles. The zero-order valence-corrected chi connectivity index (χ0v) is 18.0. The molecule has 4 aromatic rings. The fourth-order valence-corrected chi connectivity index (χ4v) is 3.28. The third-order valence-electron chi connectivity index (χ3n) is 4.95. The molecule has 31 heavy (non-hydrogen) atoms. The van der Waals surface area contributed by atoms with Gasteiger partial charge in [0.1, 0.15) is 5.82 Å². The highest BCUT2D eigenvalue weighted by Crippen LogP contribution is 2.28. The van der Waals surface area contributed by atoms with Crippen LogP contribution in [0.5, 0.6) is 0 Å². The summed E-state index contributed by atoms with van der Waals surface area (Å²) >= 11 is 0. The van der Waals surface area contributed by atoms with Crippen LogP contribution in [-0.4, -0.2) is 15.8 Å². The van der Waals surface area contributed by atoms with Gasteiger partial charge in [0.2, 0.25) is 0 Å². The fraction of sp³-hybridized carbons (Fsp3) is 0.154. The number of benzene rings is 3. The van der Waals surface area contributed by atoms with Crippen molar-refractivity contribution < 1.29 is 4.79 Å². The maximum Gasteiger partial charge on any atom is 0.324 e. The van der Waals surface area contributed by atoms with Gasteiger partial charge in [-0.1, -0.05) is 81.4 Å². The second-order valence-corrected chi connectivity index (χ2v) is 8.44. The molecule has 0 aliphatic carbocycles. The van der Waals surface area contributed by atoms with Crippen LogP contribution in [-0.2, 0) is 5.41 Å². The van der Waals surface area contributed by atoms with Crippen LogP contribution >= 0.6 is 0 Å². The Balaban J connectivity index is 1.69. The molecule has 5 heteroatoms. The maximum absolute atomic E-state index is 12.6. The predicted molar refractivity (Wildman–Crippen MR) is 127 cm³/mol. The van der Waals surface area contributed by atoms with Gasteiger partial charge in [0.05, 0.1) is 11.4 Å². The molecular formula is C26H26N4O. The Bertz CT molecular complexity index is 1180. The molecule has 0 spiro atoms. The molecule has 1 aromatic heterocycles. The van der Waals surface area contributed by atoms with Crippen LogP contribution in [0, 0.1) is 0 Å². The molecule has 0 saturated heterocycles. The molecule has 3 aromatic carbocycles. The first-order chi connectivity index (χ1) is 14.9. The third kappa shape index (κ3) is 4.83. The molecule has 5 nitrogen and oxygen atoms in total. The molecule has 0 bridgehead atoms. The minimum Gasteiger partial charge on any atom is -0.308 e. The van der Waals surface area contributed by atoms with E-state index in [9.17, 15) is 4.79 Å². The van der Waals surface area contributed by atoms with E-state index in [2.05, 4.69) is 55.7 Å². The number of hydrogen-bond donors (Lipinski definition) is 2. The van der Waals surface area contributed by atoms with Gasteiger partial charge >= 0.3 is 6.03 Å². The monoisotopic (exact) mass is 410 g/mol. The number of carbonyl (C=O) groups excluding carboxylic acids is 1. The summed E-state index contributed by atoms with van der Waals surface area (Å²) in [6.07, 6.45) is 0. The molecule has 2 N–H and O–H groups in total. The van der Waals surface area contributed by atoms with Crippen LogP contribution in [0.25, 0.3) is 16.8 Å². The largest absolute Gasteiger partial charge is 0.324 e. The lowest BCUT2D eigenvalue weighted by molar-refractivity contribution is 0.262. The van der Waals surface area contributed by atoms with Gasteiger partial charge in [-0.25, -0.2) is 9.48 Å². The van der Waals surface area contributed by atoms with Crippen LogP contribution in [0.1, 0.15) is 26.5 Å². The van der Waals surface area contributed by atoms with Gasteiger partial charge < -0.3 is 5.32 Å². The van der Waals surface area contributed by atoms with Gasteiger partial charge in [-0.05, 0) is 35.4 Å². The van der Waals surface area contributed by atoms with Crippen LogP contribution in [0.3, 0.4) is 0 Å². The lowest BCUT2D eigenvalue weighted by Crippen LogP contribution is -2.21. The zero-order chi connectivity index (χ0) is 21.8. The van der Waals surface area contributed by atoms with Crippen molar-refractivity contribution in [2.45, 2.75) is 26.2 Å². The summed E-state index contributed by atoms with van der Waals surface area (Å²) < 4.78 is 1.79. The topological polar surface area (TPSA) is 59.0 Å². The Morgan fingerprint density at radius 1 is 0.774 bits per heavy atom. The summed E-state index contributed by atoms with van der Waals surface area (Å²) in [7, 11) is 0. The average molecular weight is 411 g/mol. The summed E-state index contributed by atoms with van der Waals surface area (Å²) in [5, 5.41) is 10.6. The van der Waals surface area contributed by atoms with Crippen molar-refractivity contribution in [3.63, 3.8) is 0 Å². The van der Waals surface area contributed by atoms with E-state index in [-0.39, 0.29) is 11.4 Å². The first-order valence-electron chi connectivity index (χ1n) is 10.3. The summed E-state index contributed by atoms with van der Waals surface area (Å²) in [6.45, 7) is 6.32. The summed E-state index contributed by atoms with van der Waals surface area (Å²) in [5.41, 5.74) is 4.57. The number of amides is 2. The van der Waals surface area contributed by atoms with E-state index in [4.69, 9.17) is 5.10 Å². The second kappa shape index (κ2) is 8.48. The highest BCUT2D eigenvalue weighted by Gasteiger charge is 2.21. The number of rotatable bonds is 4. The minimum atomic E-state index is -0.313. The first kappa shape index (κ1) is 20.4. The van der Waals surface area contributed by atoms with Gasteiger partial charge in [0.15, 0.2) is 0 Å². The van der Waals surface area contributed by atoms with E-state index in [1.807, 2.05) is 66.7 Å². The molecule has 2 amide bonds. The minimum absolute atomic E-state index is 0.158. The van der Waals surface area contributed by atoms with Gasteiger partial charge in [-0.15, -0.1) is 0 Å². The molecule has 0 unspecified atom stereocenters. The third-order valence-corrected chi connectivity index (χ3v) is 4.95. The van der Waals surface area contributed by atoms with E-state index in [0.717, 1.165) is 28.2 Å². The van der Waals surface area contributed by atoms with Gasteiger partial charge in [0.25, 0.3) is 0 Å². The van der Waals surface area contributed by atoms with Crippen LogP contribution < -0.4 is 10.6 Å². The predicted octanol–water partition coefficient (Wildman–Crippen LogP) is 6.48. The first-order valence-corrected chi connectivity index (χ1v) is 10.3. The number of hydrogen-bond acceptors (Lipinski definition) is 2. The number of carbonyl (C=O) groups is 1. The summed E-state index contributed by atoms with van der Waals surface area (Å²) in [6, 6.07) is 29.3. The van der Waals surface area contributed by atoms with Gasteiger partial charge in [-0.3, -0.25) is 5.32 Å². The van der Waals surface area contributed by atoms with Crippen molar-refractivity contribution in [3.8, 4) is 16.8 Å². The van der Waals surface area contributed by atoms with Crippen LogP contribution in [0.4, 0.5) is 16.3 Å². The zero-order valence-electron chi connectivity index (χ0n) is 18.0. The molecule has 1 heterocycles. The number of anilines is 2. The molecule has 0 fully saturated rings. The van der Waals surface area contributed by atoms with Crippen LogP contribution in [0.15, 0.2) is 91.0 Å². The van der Waals surface area contributed by atoms with E-state index < -0.39 is 0 Å². The quantitative estimate of drug-likeness (QED) is 0.404. The number of urea groups is 1. The Kier molecular flexibility index (Phi) is 5.58. The van der Waals surface area contributed by atoms with Crippen molar-refractivity contribution >= 4 is 17.5 Å². The molecular weight excluding hydrogens is 384 g/mol. The summed E-state index contributed by atoms with van der Waals surface area (Å²) in [5.74, 6) is 0.614. The van der Waals surface area contributed by atoms with E-state index in [0.29, 0.717) is 5.82 Å². The number of nitrogens with one attached hydrogen (secondary N) is 2. The normalized spacial score (nSPS) is 11.2. The van der Waals surface area contributed by atoms with Gasteiger partial charge in [0, 0.05) is 17.2 Å². The van der Waals surface area contributed by atoms with Gasteiger partial charge in [-0.2, -0.15) is 5.10 Å². The average Bonchev–Trinajstić information content (AvgIpc) is 3.19. The molecule has 4 rings (SSSR count). The number of nitrogens with zero attached hydrogens (tertiary/aromatic N) is 2. The number of para-hydroxylation sites is 1. The summed E-state index contributed by atoms with van der Waals surface area (Å²) in [4.78, 5) is 12.6. The van der Waals surface area contributed by atoms with Crippen molar-refractivity contribution in [1.82, 2.24) is 9.78 Å². The molecule has 156 valence electrons. The smallest absolute Gasteiger partial charge is 0.308 e. The lowest BCUT2D eigenvalue weighted by atomic mass is 9.92. The standard InChI is InChI=1S/C26H26N4O/c1-26(2,3)23-18-24(28-25(31)27-21-14-8-5-9-15-21)30(29-23)22-16-10-13-20(17-22)19-11-6-4-7-12-19/h4-18H,1-3H3,(H2,27,28,31). The maximum atomic E-state index is 12.6. The Labute approximate surface area is 182 Å². The Morgan fingerprint density at radius 2 is 1.42 bits per heavy atom. The van der Waals surface area contributed by atoms with Crippen molar-refractivity contribution in [3.05, 3.63) is 96.7 Å². The number of aromatic nitrogens is 2. The van der Waals surface area contributed by atoms with Crippen molar-refractivity contribution in [2.75, 3.05) is 10.6 Å². The van der Waals surface area contributed by atoms with Crippen LogP contribution in [0.2, 0.25) is 0 Å². The fourth-order valence-electron chi connectivity index (χ4n) is 3.28. The molecule has 0 radical (unpaired) electrons. The lowest BCUT2D eigenvalue weighted by Gasteiger charge is -2.14. The molecule has 0 aliphatic rings. The second-order valence-electron chi connectivity index (χ2n) is 8.44. The van der Waals surface area contributed by atoms with Crippen molar-refractivity contribution in [2.24, 2.45) is 0 Å². The molecule has 0 aliphatic heterocycles. The van der Waals surface area contributed by atoms with E-state index in [1.165, 1.54) is 0 Å². The van der Waals surface area contributed by atoms with Crippen molar-refractivity contribution in [1.29, 1.82) is 0 Å². The van der Waals surface area contributed by atoms with E-state index >= 15 is 0 Å². The highest BCUT2D eigenvalue weighted by atomic mass is 16.2. The highest BCUT2D eigenvalue weighted by molar-refractivity contribution is 5.99.